The second kappa shape index (κ2) is 9.62. The first-order valence-corrected chi connectivity index (χ1v) is 9.77. The summed E-state index contributed by atoms with van der Waals surface area (Å²) < 4.78 is 12.3. The van der Waals surface area contributed by atoms with Crippen molar-refractivity contribution in [2.45, 2.75) is 19.8 Å². The number of fused-ring (bicyclic) bond motifs is 1. The molecule has 9 heteroatoms. The molecule has 1 amide bonds. The summed E-state index contributed by atoms with van der Waals surface area (Å²) >= 11 is 11.9. The molecule has 3 rings (SSSR count). The van der Waals surface area contributed by atoms with Crippen LogP contribution in [-0.2, 0) is 9.53 Å². The molecule has 0 radical (unpaired) electrons. The molecule has 152 valence electrons. The molecule has 0 aliphatic rings. The van der Waals surface area contributed by atoms with E-state index >= 15 is 0 Å². The molecule has 2 aromatic heterocycles. The molecule has 0 aliphatic heterocycles. The van der Waals surface area contributed by atoms with Gasteiger partial charge in [0.2, 0.25) is 5.91 Å². The second-order valence-electron chi connectivity index (χ2n) is 6.03. The Hall–Kier alpha value is -2.77. The summed E-state index contributed by atoms with van der Waals surface area (Å²) in [5.41, 5.74) is 0.599. The van der Waals surface area contributed by atoms with Crippen LogP contribution in [0.1, 0.15) is 30.3 Å². The van der Waals surface area contributed by atoms with Crippen molar-refractivity contribution in [3.05, 3.63) is 58.3 Å². The summed E-state index contributed by atoms with van der Waals surface area (Å²) in [6.45, 7) is 2.22. The van der Waals surface area contributed by atoms with Crippen LogP contribution in [0.3, 0.4) is 0 Å². The van der Waals surface area contributed by atoms with Crippen LogP contribution in [0, 0.1) is 0 Å². The zero-order valence-corrected chi connectivity index (χ0v) is 17.2. The van der Waals surface area contributed by atoms with Gasteiger partial charge in [-0.15, -0.1) is 0 Å². The number of amides is 1. The highest BCUT2D eigenvalue weighted by Gasteiger charge is 2.21. The van der Waals surface area contributed by atoms with Gasteiger partial charge >= 0.3 is 5.97 Å². The van der Waals surface area contributed by atoms with E-state index < -0.39 is 5.97 Å². The van der Waals surface area contributed by atoms with Crippen molar-refractivity contribution in [2.75, 3.05) is 18.5 Å². The number of carbonyl (C=O) groups is 2. The van der Waals surface area contributed by atoms with Crippen LogP contribution in [0.4, 0.5) is 5.82 Å². The molecule has 1 aromatic carbocycles. The van der Waals surface area contributed by atoms with Gasteiger partial charge in [0.05, 0.1) is 18.2 Å². The van der Waals surface area contributed by atoms with Crippen LogP contribution in [0.15, 0.2) is 42.6 Å². The highest BCUT2D eigenvalue weighted by Crippen LogP contribution is 2.27. The number of hydrogen-bond acceptors (Lipinski definition) is 5. The van der Waals surface area contributed by atoms with E-state index in [0.29, 0.717) is 34.5 Å². The van der Waals surface area contributed by atoms with Gasteiger partial charge < -0.3 is 14.8 Å². The summed E-state index contributed by atoms with van der Waals surface area (Å²) in [6, 6.07) is 10.3. The van der Waals surface area contributed by atoms with Gasteiger partial charge in [-0.1, -0.05) is 29.3 Å². The number of nitrogens with zero attached hydrogens (tertiary/aromatic N) is 2. The third-order valence-corrected chi connectivity index (χ3v) is 4.49. The molecule has 0 saturated carbocycles. The average Bonchev–Trinajstić information content (AvgIpc) is 3.05. The van der Waals surface area contributed by atoms with Crippen LogP contribution in [0.5, 0.6) is 5.75 Å². The van der Waals surface area contributed by atoms with Crippen LogP contribution in [0.25, 0.3) is 5.65 Å². The molecular weight excluding hydrogens is 417 g/mol. The minimum absolute atomic E-state index is 0.0654. The minimum Gasteiger partial charge on any atom is -0.492 e. The van der Waals surface area contributed by atoms with Gasteiger partial charge in [-0.3, -0.25) is 9.20 Å². The van der Waals surface area contributed by atoms with E-state index in [-0.39, 0.29) is 30.4 Å². The minimum atomic E-state index is -0.591. The van der Waals surface area contributed by atoms with Crippen LogP contribution in [0.2, 0.25) is 10.0 Å². The SMILES string of the molecule is CCOC(=O)c1nc2ccccn2c1NC(=O)CCCOc1ccc(Cl)cc1Cl. The van der Waals surface area contributed by atoms with Gasteiger partial charge in [0.1, 0.15) is 11.4 Å². The number of carbonyl (C=O) groups excluding carboxylic acids is 2. The Morgan fingerprint density at radius 2 is 2.03 bits per heavy atom. The van der Waals surface area contributed by atoms with Crippen LogP contribution >= 0.6 is 23.2 Å². The molecule has 0 aliphatic carbocycles. The molecule has 0 unspecified atom stereocenters. The summed E-state index contributed by atoms with van der Waals surface area (Å²) in [5.74, 6) is -0.0761. The zero-order valence-electron chi connectivity index (χ0n) is 15.7. The maximum atomic E-state index is 12.4. The fraction of sp³-hybridized carbons (Fsp3) is 0.250. The van der Waals surface area contributed by atoms with Crippen molar-refractivity contribution < 1.29 is 19.1 Å². The third-order valence-electron chi connectivity index (χ3n) is 3.96. The van der Waals surface area contributed by atoms with Crippen LogP contribution in [-0.4, -0.2) is 34.5 Å². The van der Waals surface area contributed by atoms with Gasteiger partial charge in [-0.05, 0) is 43.7 Å². The molecule has 29 heavy (non-hydrogen) atoms. The monoisotopic (exact) mass is 435 g/mol. The molecular formula is C20H19Cl2N3O4. The highest BCUT2D eigenvalue weighted by atomic mass is 35.5. The molecule has 3 aromatic rings. The number of imidazole rings is 1. The quantitative estimate of drug-likeness (QED) is 0.412. The number of aromatic nitrogens is 2. The lowest BCUT2D eigenvalue weighted by molar-refractivity contribution is -0.116. The van der Waals surface area contributed by atoms with Gasteiger partial charge in [-0.2, -0.15) is 0 Å². The Kier molecular flexibility index (Phi) is 6.95. The number of hydrogen-bond donors (Lipinski definition) is 1. The van der Waals surface area contributed by atoms with Gasteiger partial charge in [0.25, 0.3) is 0 Å². The summed E-state index contributed by atoms with van der Waals surface area (Å²) in [7, 11) is 0. The Balaban J connectivity index is 1.62. The summed E-state index contributed by atoms with van der Waals surface area (Å²) in [5, 5.41) is 3.68. The molecule has 0 fully saturated rings. The lowest BCUT2D eigenvalue weighted by Crippen LogP contribution is -2.17. The van der Waals surface area contributed by atoms with Crippen molar-refractivity contribution in [3.8, 4) is 5.75 Å². The predicted octanol–water partition coefficient (Wildman–Crippen LogP) is 4.62. The Morgan fingerprint density at radius 1 is 1.21 bits per heavy atom. The summed E-state index contributed by atoms with van der Waals surface area (Å²) in [6.07, 6.45) is 2.36. The Bertz CT molecular complexity index is 1040. The number of benzene rings is 1. The van der Waals surface area contributed by atoms with Crippen molar-refractivity contribution in [3.63, 3.8) is 0 Å². The molecule has 0 bridgehead atoms. The number of ether oxygens (including phenoxy) is 2. The van der Waals surface area contributed by atoms with E-state index in [1.807, 2.05) is 0 Å². The predicted molar refractivity (Wildman–Crippen MR) is 111 cm³/mol. The van der Waals surface area contributed by atoms with Gasteiger partial charge in [-0.25, -0.2) is 9.78 Å². The molecule has 0 spiro atoms. The van der Waals surface area contributed by atoms with E-state index in [1.54, 1.807) is 53.9 Å². The van der Waals surface area contributed by atoms with Gasteiger partial charge in [0.15, 0.2) is 11.5 Å². The van der Waals surface area contributed by atoms with Crippen molar-refractivity contribution in [2.24, 2.45) is 0 Å². The summed E-state index contributed by atoms with van der Waals surface area (Å²) in [4.78, 5) is 28.9. The van der Waals surface area contributed by atoms with E-state index in [9.17, 15) is 9.59 Å². The normalized spacial score (nSPS) is 10.7. The van der Waals surface area contributed by atoms with Crippen LogP contribution < -0.4 is 10.1 Å². The van der Waals surface area contributed by atoms with E-state index in [0.717, 1.165) is 0 Å². The first kappa shape index (κ1) is 21.0. The number of esters is 1. The van der Waals surface area contributed by atoms with Gasteiger partial charge in [0, 0.05) is 17.6 Å². The molecule has 2 heterocycles. The first-order valence-electron chi connectivity index (χ1n) is 9.01. The topological polar surface area (TPSA) is 81.9 Å². The molecule has 0 atom stereocenters. The van der Waals surface area contributed by atoms with Crippen molar-refractivity contribution in [1.82, 2.24) is 9.38 Å². The number of halogens is 2. The number of rotatable bonds is 8. The maximum Gasteiger partial charge on any atom is 0.360 e. The smallest absolute Gasteiger partial charge is 0.360 e. The van der Waals surface area contributed by atoms with E-state index in [2.05, 4.69) is 10.3 Å². The Labute approximate surface area is 177 Å². The fourth-order valence-corrected chi connectivity index (χ4v) is 3.12. The van der Waals surface area contributed by atoms with E-state index in [1.165, 1.54) is 0 Å². The second-order valence-corrected chi connectivity index (χ2v) is 6.88. The number of anilines is 1. The molecule has 7 nitrogen and oxygen atoms in total. The zero-order chi connectivity index (χ0) is 20.8. The van der Waals surface area contributed by atoms with E-state index in [4.69, 9.17) is 32.7 Å². The lowest BCUT2D eigenvalue weighted by Gasteiger charge is -2.09. The largest absolute Gasteiger partial charge is 0.492 e. The van der Waals surface area contributed by atoms with Crippen molar-refractivity contribution >= 4 is 46.5 Å². The van der Waals surface area contributed by atoms with Crippen molar-refractivity contribution in [1.29, 1.82) is 0 Å². The standard InChI is InChI=1S/C20H19Cl2N3O4/c1-2-28-20(27)18-19(25-10-4-3-6-16(25)23-18)24-17(26)7-5-11-29-15-9-8-13(21)12-14(15)22/h3-4,6,8-10,12H,2,5,7,11H2,1H3,(H,24,26). The lowest BCUT2D eigenvalue weighted by atomic mass is 10.3. The first-order chi connectivity index (χ1) is 14.0. The Morgan fingerprint density at radius 3 is 2.79 bits per heavy atom. The highest BCUT2D eigenvalue weighted by molar-refractivity contribution is 6.35. The maximum absolute atomic E-state index is 12.4. The molecule has 1 N–H and O–H groups in total. The fourth-order valence-electron chi connectivity index (χ4n) is 2.66. The molecule has 0 saturated heterocycles. The third kappa shape index (κ3) is 5.19. The number of pyridine rings is 1. The average molecular weight is 436 g/mol. The number of nitrogens with one attached hydrogen (secondary N) is 1.